The molecular weight excluding hydrogens is 247 g/mol. The maximum Gasteiger partial charge on any atom is 0.322 e. The summed E-state index contributed by atoms with van der Waals surface area (Å²) >= 11 is 2.16. The number of alkyl halides is 1. The highest BCUT2D eigenvalue weighted by Crippen LogP contribution is 2.00. The van der Waals surface area contributed by atoms with Gasteiger partial charge < -0.3 is 5.32 Å². The summed E-state index contributed by atoms with van der Waals surface area (Å²) in [6.45, 7) is 0. The third kappa shape index (κ3) is 1.59. The van der Waals surface area contributed by atoms with E-state index in [1.54, 1.807) is 0 Å². The second-order valence-electron chi connectivity index (χ2n) is 1.99. The maximum atomic E-state index is 10.8. The van der Waals surface area contributed by atoms with Crippen molar-refractivity contribution in [1.29, 1.82) is 0 Å². The number of imide groups is 1. The van der Waals surface area contributed by atoms with Gasteiger partial charge in [0.05, 0.1) is 0 Å². The molecule has 10 heavy (non-hydrogen) atoms. The molecule has 0 aliphatic carbocycles. The van der Waals surface area contributed by atoms with Crippen LogP contribution in [0.3, 0.4) is 0 Å². The highest BCUT2D eigenvalue weighted by molar-refractivity contribution is 14.1. The standard InChI is InChI=1S/C5H7IN2O2/c6-2-1-3-4(9)8-5(10)7-3/h3H,1-2H2,(H2,7,8,9,10)/t3-/m0/s1. The fraction of sp³-hybridized carbons (Fsp3) is 0.600. The molecule has 1 saturated heterocycles. The predicted molar refractivity (Wildman–Crippen MR) is 44.0 cm³/mol. The van der Waals surface area contributed by atoms with Crippen LogP contribution >= 0.6 is 22.6 Å². The third-order valence-electron chi connectivity index (χ3n) is 1.26. The molecule has 1 aliphatic heterocycles. The fourth-order valence-corrected chi connectivity index (χ4v) is 1.39. The van der Waals surface area contributed by atoms with Crippen molar-refractivity contribution < 1.29 is 9.59 Å². The zero-order valence-corrected chi connectivity index (χ0v) is 7.34. The summed E-state index contributed by atoms with van der Waals surface area (Å²) in [5.74, 6) is -0.207. The summed E-state index contributed by atoms with van der Waals surface area (Å²) < 4.78 is 0.871. The van der Waals surface area contributed by atoms with Crippen LogP contribution in [-0.4, -0.2) is 22.4 Å². The van der Waals surface area contributed by atoms with Crippen molar-refractivity contribution in [3.05, 3.63) is 0 Å². The van der Waals surface area contributed by atoms with Crippen molar-refractivity contribution >= 4 is 34.5 Å². The number of nitrogens with one attached hydrogen (secondary N) is 2. The summed E-state index contributed by atoms with van der Waals surface area (Å²) in [6, 6.07) is -0.677. The Balaban J connectivity index is 2.46. The number of carbonyl (C=O) groups excluding carboxylic acids is 2. The maximum absolute atomic E-state index is 10.8. The zero-order valence-electron chi connectivity index (χ0n) is 5.19. The largest absolute Gasteiger partial charge is 0.326 e. The summed E-state index contributed by atoms with van der Waals surface area (Å²) in [4.78, 5) is 21.3. The molecule has 0 bridgehead atoms. The van der Waals surface area contributed by atoms with Crippen LogP contribution in [0.2, 0.25) is 0 Å². The van der Waals surface area contributed by atoms with Gasteiger partial charge in [0.15, 0.2) is 0 Å². The van der Waals surface area contributed by atoms with Crippen molar-refractivity contribution in [2.75, 3.05) is 4.43 Å². The van der Waals surface area contributed by atoms with Gasteiger partial charge in [0, 0.05) is 4.43 Å². The number of amides is 3. The Morgan fingerprint density at radius 1 is 1.50 bits per heavy atom. The lowest BCUT2D eigenvalue weighted by atomic mass is 10.2. The first-order valence-corrected chi connectivity index (χ1v) is 4.44. The molecule has 1 heterocycles. The van der Waals surface area contributed by atoms with Crippen LogP contribution < -0.4 is 10.6 Å². The summed E-state index contributed by atoms with van der Waals surface area (Å²) in [5.41, 5.74) is 0. The van der Waals surface area contributed by atoms with Crippen molar-refractivity contribution in [3.8, 4) is 0 Å². The van der Waals surface area contributed by atoms with E-state index in [1.165, 1.54) is 0 Å². The molecule has 5 heteroatoms. The Bertz CT molecular complexity index is 171. The molecule has 4 nitrogen and oxygen atoms in total. The summed E-state index contributed by atoms with van der Waals surface area (Å²) in [6.07, 6.45) is 0.706. The minimum Gasteiger partial charge on any atom is -0.326 e. The number of hydrogen-bond acceptors (Lipinski definition) is 2. The average molecular weight is 254 g/mol. The molecular formula is C5H7IN2O2. The van der Waals surface area contributed by atoms with Gasteiger partial charge in [-0.2, -0.15) is 0 Å². The van der Waals surface area contributed by atoms with Gasteiger partial charge >= 0.3 is 6.03 Å². The SMILES string of the molecule is O=C1NC(=O)[C@H](CCI)N1. The highest BCUT2D eigenvalue weighted by Gasteiger charge is 2.28. The third-order valence-corrected chi connectivity index (χ3v) is 1.88. The van der Waals surface area contributed by atoms with Gasteiger partial charge in [0.25, 0.3) is 5.91 Å². The van der Waals surface area contributed by atoms with E-state index in [0.717, 1.165) is 4.43 Å². The van der Waals surface area contributed by atoms with E-state index in [4.69, 9.17) is 0 Å². The quantitative estimate of drug-likeness (QED) is 0.414. The molecule has 3 amide bonds. The van der Waals surface area contributed by atoms with E-state index in [-0.39, 0.29) is 18.0 Å². The minimum absolute atomic E-state index is 0.207. The van der Waals surface area contributed by atoms with Gasteiger partial charge in [0.1, 0.15) is 6.04 Å². The van der Waals surface area contributed by atoms with Crippen LogP contribution in [0, 0.1) is 0 Å². The van der Waals surface area contributed by atoms with Crippen LogP contribution in [0.4, 0.5) is 4.79 Å². The first-order chi connectivity index (χ1) is 4.74. The number of urea groups is 1. The molecule has 0 aromatic rings. The van der Waals surface area contributed by atoms with Gasteiger partial charge in [-0.1, -0.05) is 22.6 Å². The van der Waals surface area contributed by atoms with Gasteiger partial charge in [-0.25, -0.2) is 4.79 Å². The predicted octanol–water partition coefficient (Wildman–Crippen LogP) is 0.0195. The molecule has 2 N–H and O–H groups in total. The second-order valence-corrected chi connectivity index (χ2v) is 3.07. The Morgan fingerprint density at radius 3 is 2.60 bits per heavy atom. The second kappa shape index (κ2) is 3.18. The van der Waals surface area contributed by atoms with E-state index in [0.29, 0.717) is 6.42 Å². The molecule has 0 radical (unpaired) electrons. The van der Waals surface area contributed by atoms with Crippen molar-refractivity contribution in [3.63, 3.8) is 0 Å². The number of rotatable bonds is 2. The van der Waals surface area contributed by atoms with Crippen LogP contribution in [0.25, 0.3) is 0 Å². The molecule has 0 saturated carbocycles. The van der Waals surface area contributed by atoms with E-state index in [9.17, 15) is 9.59 Å². The van der Waals surface area contributed by atoms with Crippen molar-refractivity contribution in [2.24, 2.45) is 0 Å². The number of halogens is 1. The van der Waals surface area contributed by atoms with E-state index in [1.807, 2.05) is 0 Å². The molecule has 1 rings (SSSR count). The fourth-order valence-electron chi connectivity index (χ4n) is 0.771. The minimum atomic E-state index is -0.375. The zero-order chi connectivity index (χ0) is 7.56. The van der Waals surface area contributed by atoms with Crippen LogP contribution in [0.15, 0.2) is 0 Å². The lowest BCUT2D eigenvalue weighted by Gasteiger charge is -2.01. The first kappa shape index (κ1) is 7.77. The summed E-state index contributed by atoms with van der Waals surface area (Å²) in [7, 11) is 0. The smallest absolute Gasteiger partial charge is 0.322 e. The monoisotopic (exact) mass is 254 g/mol. The number of hydrogen-bond donors (Lipinski definition) is 2. The van der Waals surface area contributed by atoms with Gasteiger partial charge in [0.2, 0.25) is 0 Å². The Morgan fingerprint density at radius 2 is 2.20 bits per heavy atom. The highest BCUT2D eigenvalue weighted by atomic mass is 127. The van der Waals surface area contributed by atoms with Gasteiger partial charge in [-0.15, -0.1) is 0 Å². The molecule has 1 aliphatic rings. The van der Waals surface area contributed by atoms with E-state index >= 15 is 0 Å². The molecule has 0 aromatic carbocycles. The average Bonchev–Trinajstić information content (AvgIpc) is 2.13. The molecule has 56 valence electrons. The van der Waals surface area contributed by atoms with Crippen LogP contribution in [0.5, 0.6) is 0 Å². The molecule has 1 atom stereocenters. The normalized spacial score (nSPS) is 24.3. The molecule has 0 spiro atoms. The van der Waals surface area contributed by atoms with Crippen LogP contribution in [0.1, 0.15) is 6.42 Å². The van der Waals surface area contributed by atoms with Crippen LogP contribution in [-0.2, 0) is 4.79 Å². The lowest BCUT2D eigenvalue weighted by Crippen LogP contribution is -2.28. The summed E-state index contributed by atoms with van der Waals surface area (Å²) in [5, 5.41) is 4.66. The van der Waals surface area contributed by atoms with Gasteiger partial charge in [-0.05, 0) is 6.42 Å². The Labute approximate surface area is 71.9 Å². The van der Waals surface area contributed by atoms with Gasteiger partial charge in [-0.3, -0.25) is 10.1 Å². The number of carbonyl (C=O) groups is 2. The molecule has 0 aromatic heterocycles. The van der Waals surface area contributed by atoms with E-state index in [2.05, 4.69) is 33.2 Å². The Hall–Kier alpha value is -0.330. The lowest BCUT2D eigenvalue weighted by molar-refractivity contribution is -0.120. The van der Waals surface area contributed by atoms with Crippen molar-refractivity contribution in [2.45, 2.75) is 12.5 Å². The Kier molecular flexibility index (Phi) is 2.47. The van der Waals surface area contributed by atoms with Crippen molar-refractivity contribution in [1.82, 2.24) is 10.6 Å². The van der Waals surface area contributed by atoms with E-state index < -0.39 is 0 Å². The first-order valence-electron chi connectivity index (χ1n) is 2.91. The topological polar surface area (TPSA) is 58.2 Å². The molecule has 1 fully saturated rings. The molecule has 0 unspecified atom stereocenters.